The standard InChI is InChI=1S/C24H19FN2O4/c1-30-19-12-17(13-20(14-19)31-2)26-22-21(15-7-4-3-5-8-15)23(28)27(24(22)29)18-10-6-9-16(25)11-18/h3-14,26H,1-2H3. The number of anilines is 2. The van der Waals surface area contributed by atoms with Gasteiger partial charge in [-0.3, -0.25) is 9.59 Å². The van der Waals surface area contributed by atoms with Gasteiger partial charge in [0.15, 0.2) is 0 Å². The molecule has 1 aliphatic heterocycles. The lowest BCUT2D eigenvalue weighted by molar-refractivity contribution is -0.120. The largest absolute Gasteiger partial charge is 0.497 e. The number of benzene rings is 3. The Hall–Kier alpha value is -4.13. The molecule has 7 heteroatoms. The van der Waals surface area contributed by atoms with Gasteiger partial charge >= 0.3 is 0 Å². The van der Waals surface area contributed by atoms with Crippen molar-refractivity contribution in [1.29, 1.82) is 0 Å². The second-order valence-corrected chi connectivity index (χ2v) is 6.77. The molecule has 1 aliphatic rings. The van der Waals surface area contributed by atoms with Crippen molar-refractivity contribution in [3.05, 3.63) is 89.9 Å². The first kappa shape index (κ1) is 20.2. The summed E-state index contributed by atoms with van der Waals surface area (Å²) in [5, 5.41) is 3.05. The fraction of sp³-hybridized carbons (Fsp3) is 0.0833. The molecule has 0 unspecified atom stereocenters. The number of carbonyl (C=O) groups is 2. The van der Waals surface area contributed by atoms with Crippen molar-refractivity contribution in [3.8, 4) is 11.5 Å². The summed E-state index contributed by atoms with van der Waals surface area (Å²) < 4.78 is 24.4. The average molecular weight is 418 g/mol. The van der Waals surface area contributed by atoms with Crippen molar-refractivity contribution >= 4 is 28.8 Å². The van der Waals surface area contributed by atoms with Crippen LogP contribution in [0, 0.1) is 5.82 Å². The molecule has 4 rings (SSSR count). The molecule has 0 bridgehead atoms. The number of carbonyl (C=O) groups excluding carboxylic acids is 2. The maximum atomic E-state index is 13.8. The van der Waals surface area contributed by atoms with E-state index >= 15 is 0 Å². The Bertz CT molecular complexity index is 1170. The van der Waals surface area contributed by atoms with E-state index in [-0.39, 0.29) is 17.0 Å². The van der Waals surface area contributed by atoms with Gasteiger partial charge in [-0.25, -0.2) is 9.29 Å². The minimum atomic E-state index is -0.587. The fourth-order valence-corrected chi connectivity index (χ4v) is 3.39. The second kappa shape index (κ2) is 8.31. The summed E-state index contributed by atoms with van der Waals surface area (Å²) in [6.07, 6.45) is 0. The first-order valence-electron chi connectivity index (χ1n) is 9.46. The summed E-state index contributed by atoms with van der Waals surface area (Å²) in [6.45, 7) is 0. The minimum absolute atomic E-state index is 0.0794. The first-order valence-corrected chi connectivity index (χ1v) is 9.46. The molecule has 0 saturated carbocycles. The van der Waals surface area contributed by atoms with Gasteiger partial charge in [0.2, 0.25) is 0 Å². The molecule has 1 heterocycles. The van der Waals surface area contributed by atoms with Crippen LogP contribution in [-0.2, 0) is 9.59 Å². The third-order valence-corrected chi connectivity index (χ3v) is 4.83. The third-order valence-electron chi connectivity index (χ3n) is 4.83. The molecular weight excluding hydrogens is 399 g/mol. The lowest BCUT2D eigenvalue weighted by Gasteiger charge is -2.15. The predicted octanol–water partition coefficient (Wildman–Crippen LogP) is 4.24. The average Bonchev–Trinajstić information content (AvgIpc) is 3.03. The van der Waals surface area contributed by atoms with Crippen LogP contribution in [0.25, 0.3) is 5.57 Å². The molecule has 156 valence electrons. The number of ether oxygens (including phenoxy) is 2. The van der Waals surface area contributed by atoms with Crippen LogP contribution >= 0.6 is 0 Å². The topological polar surface area (TPSA) is 67.9 Å². The molecule has 6 nitrogen and oxygen atoms in total. The number of imide groups is 1. The SMILES string of the molecule is COc1cc(NC2=C(c3ccccc3)C(=O)N(c3cccc(F)c3)C2=O)cc(OC)c1. The highest BCUT2D eigenvalue weighted by Gasteiger charge is 2.40. The lowest BCUT2D eigenvalue weighted by atomic mass is 10.0. The number of hydrogen-bond donors (Lipinski definition) is 1. The quantitative estimate of drug-likeness (QED) is 0.607. The van der Waals surface area contributed by atoms with Gasteiger partial charge in [0.25, 0.3) is 11.8 Å². The van der Waals surface area contributed by atoms with Crippen LogP contribution in [0.3, 0.4) is 0 Å². The van der Waals surface area contributed by atoms with Crippen LogP contribution in [0.15, 0.2) is 78.5 Å². The zero-order valence-electron chi connectivity index (χ0n) is 16.9. The van der Waals surface area contributed by atoms with Crippen LogP contribution in [0.4, 0.5) is 15.8 Å². The van der Waals surface area contributed by atoms with E-state index in [9.17, 15) is 14.0 Å². The molecule has 0 spiro atoms. The monoisotopic (exact) mass is 418 g/mol. The number of amides is 2. The molecular formula is C24H19FN2O4. The zero-order valence-corrected chi connectivity index (χ0v) is 16.9. The Morgan fingerprint density at radius 1 is 0.806 bits per heavy atom. The molecule has 0 atom stereocenters. The molecule has 0 aromatic heterocycles. The molecule has 31 heavy (non-hydrogen) atoms. The maximum absolute atomic E-state index is 13.8. The highest BCUT2D eigenvalue weighted by atomic mass is 19.1. The zero-order chi connectivity index (χ0) is 22.0. The van der Waals surface area contributed by atoms with Crippen LogP contribution in [0.1, 0.15) is 5.56 Å². The molecule has 0 aliphatic carbocycles. The van der Waals surface area contributed by atoms with Gasteiger partial charge in [0, 0.05) is 23.9 Å². The van der Waals surface area contributed by atoms with E-state index in [1.54, 1.807) is 42.5 Å². The van der Waals surface area contributed by atoms with Crippen molar-refractivity contribution < 1.29 is 23.5 Å². The number of methoxy groups -OCH3 is 2. The normalized spacial score (nSPS) is 13.6. The second-order valence-electron chi connectivity index (χ2n) is 6.77. The van der Waals surface area contributed by atoms with Crippen molar-refractivity contribution in [2.24, 2.45) is 0 Å². The number of nitrogens with zero attached hydrogens (tertiary/aromatic N) is 1. The Morgan fingerprint density at radius 2 is 1.48 bits per heavy atom. The van der Waals surface area contributed by atoms with Crippen LogP contribution in [-0.4, -0.2) is 26.0 Å². The van der Waals surface area contributed by atoms with Gasteiger partial charge in [0.1, 0.15) is 23.0 Å². The number of rotatable bonds is 6. The Balaban J connectivity index is 1.82. The molecule has 0 saturated heterocycles. The Kier molecular flexibility index (Phi) is 5.41. The van der Waals surface area contributed by atoms with E-state index in [4.69, 9.17) is 9.47 Å². The smallest absolute Gasteiger partial charge is 0.282 e. The molecule has 1 N–H and O–H groups in total. The van der Waals surface area contributed by atoms with E-state index in [0.717, 1.165) is 11.0 Å². The molecule has 3 aromatic rings. The predicted molar refractivity (Wildman–Crippen MR) is 115 cm³/mol. The minimum Gasteiger partial charge on any atom is -0.497 e. The van der Waals surface area contributed by atoms with Crippen molar-refractivity contribution in [1.82, 2.24) is 0 Å². The van der Waals surface area contributed by atoms with Gasteiger partial charge in [-0.2, -0.15) is 0 Å². The third kappa shape index (κ3) is 3.85. The van der Waals surface area contributed by atoms with Crippen molar-refractivity contribution in [2.75, 3.05) is 24.4 Å². The summed E-state index contributed by atoms with van der Waals surface area (Å²) in [5.74, 6) is -0.640. The van der Waals surface area contributed by atoms with E-state index in [1.807, 2.05) is 6.07 Å². The molecule has 3 aromatic carbocycles. The highest BCUT2D eigenvalue weighted by Crippen LogP contribution is 2.35. The Morgan fingerprint density at radius 3 is 2.10 bits per heavy atom. The van der Waals surface area contributed by atoms with Gasteiger partial charge in [-0.15, -0.1) is 0 Å². The maximum Gasteiger partial charge on any atom is 0.282 e. The fourth-order valence-electron chi connectivity index (χ4n) is 3.39. The van der Waals surface area contributed by atoms with Gasteiger partial charge in [-0.1, -0.05) is 36.4 Å². The van der Waals surface area contributed by atoms with E-state index in [0.29, 0.717) is 22.7 Å². The van der Waals surface area contributed by atoms with Crippen LogP contribution in [0.2, 0.25) is 0 Å². The van der Waals surface area contributed by atoms with Gasteiger partial charge in [0.05, 0.1) is 25.5 Å². The lowest BCUT2D eigenvalue weighted by Crippen LogP contribution is -2.32. The summed E-state index contributed by atoms with van der Waals surface area (Å²) in [7, 11) is 3.03. The van der Waals surface area contributed by atoms with E-state index in [2.05, 4.69) is 5.32 Å². The number of halogens is 1. The van der Waals surface area contributed by atoms with E-state index < -0.39 is 17.6 Å². The van der Waals surface area contributed by atoms with Gasteiger partial charge < -0.3 is 14.8 Å². The van der Waals surface area contributed by atoms with Crippen LogP contribution in [0.5, 0.6) is 11.5 Å². The van der Waals surface area contributed by atoms with Gasteiger partial charge in [-0.05, 0) is 23.8 Å². The summed E-state index contributed by atoms with van der Waals surface area (Å²) in [4.78, 5) is 27.6. The summed E-state index contributed by atoms with van der Waals surface area (Å²) >= 11 is 0. The van der Waals surface area contributed by atoms with E-state index in [1.165, 1.54) is 32.4 Å². The summed E-state index contributed by atoms with van der Waals surface area (Å²) in [5.41, 5.74) is 1.50. The number of nitrogens with one attached hydrogen (secondary N) is 1. The Labute approximate surface area is 178 Å². The van der Waals surface area contributed by atoms with Crippen LogP contribution < -0.4 is 19.7 Å². The highest BCUT2D eigenvalue weighted by molar-refractivity contribution is 6.46. The molecule has 2 amide bonds. The summed E-state index contributed by atoms with van der Waals surface area (Å²) in [6, 6.07) is 19.3. The first-order chi connectivity index (χ1) is 15.0. The molecule has 0 fully saturated rings. The number of hydrogen-bond acceptors (Lipinski definition) is 5. The van der Waals surface area contributed by atoms with Crippen molar-refractivity contribution in [3.63, 3.8) is 0 Å². The molecule has 0 radical (unpaired) electrons. The van der Waals surface area contributed by atoms with Crippen molar-refractivity contribution in [2.45, 2.75) is 0 Å².